The number of nitrogens with one attached hydrogen (secondary N) is 1. The van der Waals surface area contributed by atoms with E-state index in [2.05, 4.69) is 74.6 Å². The molecule has 1 amide bonds. The summed E-state index contributed by atoms with van der Waals surface area (Å²) in [6.07, 6.45) is 0.429. The number of hydrogen-bond acceptors (Lipinski definition) is 1. The van der Waals surface area contributed by atoms with Crippen LogP contribution in [-0.4, -0.2) is 5.91 Å². The third-order valence-electron chi connectivity index (χ3n) is 5.45. The average Bonchev–Trinajstić information content (AvgIpc) is 2.73. The van der Waals surface area contributed by atoms with Gasteiger partial charge in [-0.2, -0.15) is 0 Å². The SMILES string of the molecule is CC(NC(=O)CC(c1ccccc1)c1ccccc1)c1ccc(C(C)(C)C)cc1. The van der Waals surface area contributed by atoms with Crippen molar-refractivity contribution >= 4 is 5.91 Å². The Labute approximate surface area is 175 Å². The van der Waals surface area contributed by atoms with Gasteiger partial charge in [-0.1, -0.05) is 106 Å². The summed E-state index contributed by atoms with van der Waals surface area (Å²) in [7, 11) is 0. The predicted octanol–water partition coefficient (Wildman–Crippen LogP) is 6.38. The lowest BCUT2D eigenvalue weighted by Gasteiger charge is -2.22. The summed E-state index contributed by atoms with van der Waals surface area (Å²) in [4.78, 5) is 12.9. The topological polar surface area (TPSA) is 29.1 Å². The van der Waals surface area contributed by atoms with E-state index in [1.54, 1.807) is 0 Å². The Morgan fingerprint density at radius 2 is 1.24 bits per heavy atom. The molecule has 0 heterocycles. The number of carbonyl (C=O) groups excluding carboxylic acids is 1. The van der Waals surface area contributed by atoms with Gasteiger partial charge in [0.05, 0.1) is 6.04 Å². The first-order valence-electron chi connectivity index (χ1n) is 10.3. The molecule has 1 atom stereocenters. The molecule has 3 rings (SSSR count). The summed E-state index contributed by atoms with van der Waals surface area (Å²) in [6.45, 7) is 8.67. The Hall–Kier alpha value is -2.87. The molecule has 150 valence electrons. The average molecular weight is 386 g/mol. The zero-order chi connectivity index (χ0) is 20.9. The van der Waals surface area contributed by atoms with Gasteiger partial charge in [0.1, 0.15) is 0 Å². The fourth-order valence-corrected chi connectivity index (χ4v) is 3.64. The van der Waals surface area contributed by atoms with Crippen LogP contribution in [0.1, 0.15) is 68.3 Å². The standard InChI is InChI=1S/C27H31NO/c1-20(21-15-17-24(18-16-21)27(2,3)4)28-26(29)19-25(22-11-7-5-8-12-22)23-13-9-6-10-14-23/h5-18,20,25H,19H2,1-4H3,(H,28,29). The first-order chi connectivity index (χ1) is 13.8. The third-order valence-corrected chi connectivity index (χ3v) is 5.45. The number of rotatable bonds is 6. The van der Waals surface area contributed by atoms with Gasteiger partial charge in [-0.3, -0.25) is 4.79 Å². The highest BCUT2D eigenvalue weighted by molar-refractivity contribution is 5.78. The molecule has 1 unspecified atom stereocenters. The highest BCUT2D eigenvalue weighted by Gasteiger charge is 2.20. The molecule has 0 radical (unpaired) electrons. The first-order valence-corrected chi connectivity index (χ1v) is 10.3. The molecule has 1 N–H and O–H groups in total. The smallest absolute Gasteiger partial charge is 0.221 e. The van der Waals surface area contributed by atoms with Gasteiger partial charge in [-0.05, 0) is 34.6 Å². The highest BCUT2D eigenvalue weighted by atomic mass is 16.1. The normalized spacial score (nSPS) is 12.6. The molecule has 0 fully saturated rings. The van der Waals surface area contributed by atoms with Crippen molar-refractivity contribution in [1.82, 2.24) is 5.32 Å². The predicted molar refractivity (Wildman–Crippen MR) is 121 cm³/mol. The lowest BCUT2D eigenvalue weighted by atomic mass is 9.86. The monoisotopic (exact) mass is 385 g/mol. The van der Waals surface area contributed by atoms with Crippen LogP contribution < -0.4 is 5.32 Å². The molecule has 0 aromatic heterocycles. The Balaban J connectivity index is 1.72. The van der Waals surface area contributed by atoms with Crippen molar-refractivity contribution < 1.29 is 4.79 Å². The first kappa shape index (κ1) is 20.9. The quantitative estimate of drug-likeness (QED) is 0.524. The van der Waals surface area contributed by atoms with Crippen LogP contribution in [0.15, 0.2) is 84.9 Å². The number of benzene rings is 3. The minimum absolute atomic E-state index is 0.0243. The number of carbonyl (C=O) groups is 1. The molecular weight excluding hydrogens is 354 g/mol. The molecule has 0 aliphatic carbocycles. The molecule has 0 bridgehead atoms. The molecule has 3 aromatic rings. The van der Waals surface area contributed by atoms with Crippen LogP contribution in [0.4, 0.5) is 0 Å². The maximum atomic E-state index is 12.9. The van der Waals surface area contributed by atoms with E-state index in [1.165, 1.54) is 5.56 Å². The second kappa shape index (κ2) is 9.09. The van der Waals surface area contributed by atoms with Crippen molar-refractivity contribution in [1.29, 1.82) is 0 Å². The third kappa shape index (κ3) is 5.57. The lowest BCUT2D eigenvalue weighted by molar-refractivity contribution is -0.121. The maximum Gasteiger partial charge on any atom is 0.221 e. The van der Waals surface area contributed by atoms with Crippen LogP contribution in [0.2, 0.25) is 0 Å². The van der Waals surface area contributed by atoms with Crippen molar-refractivity contribution in [3.05, 3.63) is 107 Å². The lowest BCUT2D eigenvalue weighted by Crippen LogP contribution is -2.28. The van der Waals surface area contributed by atoms with Crippen molar-refractivity contribution in [3.8, 4) is 0 Å². The molecule has 2 nitrogen and oxygen atoms in total. The van der Waals surface area contributed by atoms with E-state index >= 15 is 0 Å². The van der Waals surface area contributed by atoms with E-state index in [-0.39, 0.29) is 23.3 Å². The van der Waals surface area contributed by atoms with Gasteiger partial charge < -0.3 is 5.32 Å². The minimum atomic E-state index is -0.0243. The molecule has 0 aliphatic rings. The summed E-state index contributed by atoms with van der Waals surface area (Å²) in [5, 5.41) is 3.19. The second-order valence-electron chi connectivity index (χ2n) is 8.74. The van der Waals surface area contributed by atoms with E-state index in [0.717, 1.165) is 16.7 Å². The van der Waals surface area contributed by atoms with Crippen molar-refractivity contribution in [2.24, 2.45) is 0 Å². The molecule has 2 heteroatoms. The second-order valence-corrected chi connectivity index (χ2v) is 8.74. The van der Waals surface area contributed by atoms with E-state index in [0.29, 0.717) is 6.42 Å². The van der Waals surface area contributed by atoms with Gasteiger partial charge in [0.2, 0.25) is 5.91 Å². The van der Waals surface area contributed by atoms with Gasteiger partial charge >= 0.3 is 0 Å². The molecule has 0 saturated carbocycles. The largest absolute Gasteiger partial charge is 0.350 e. The van der Waals surface area contributed by atoms with E-state index in [1.807, 2.05) is 43.3 Å². The number of amides is 1. The summed E-state index contributed by atoms with van der Waals surface area (Å²) >= 11 is 0. The molecule has 0 saturated heterocycles. The Kier molecular flexibility index (Phi) is 6.53. The molecular formula is C27H31NO. The Morgan fingerprint density at radius 3 is 1.69 bits per heavy atom. The fourth-order valence-electron chi connectivity index (χ4n) is 3.64. The van der Waals surface area contributed by atoms with Crippen molar-refractivity contribution in [3.63, 3.8) is 0 Å². The zero-order valence-electron chi connectivity index (χ0n) is 17.9. The Bertz CT molecular complexity index is 869. The molecule has 29 heavy (non-hydrogen) atoms. The van der Waals surface area contributed by atoms with Crippen LogP contribution in [0.3, 0.4) is 0 Å². The summed E-state index contributed by atoms with van der Waals surface area (Å²) in [5.74, 6) is 0.114. The minimum Gasteiger partial charge on any atom is -0.350 e. The summed E-state index contributed by atoms with van der Waals surface area (Å²) in [6, 6.07) is 29.1. The van der Waals surface area contributed by atoms with Crippen LogP contribution in [0, 0.1) is 0 Å². The van der Waals surface area contributed by atoms with Crippen LogP contribution in [0.25, 0.3) is 0 Å². The maximum absolute atomic E-state index is 12.9. The zero-order valence-corrected chi connectivity index (χ0v) is 17.9. The molecule has 3 aromatic carbocycles. The van der Waals surface area contributed by atoms with Gasteiger partial charge in [0.25, 0.3) is 0 Å². The van der Waals surface area contributed by atoms with Gasteiger partial charge in [0.15, 0.2) is 0 Å². The van der Waals surface area contributed by atoms with Gasteiger partial charge in [0, 0.05) is 12.3 Å². The summed E-state index contributed by atoms with van der Waals surface area (Å²) < 4.78 is 0. The van der Waals surface area contributed by atoms with Crippen molar-refractivity contribution in [2.75, 3.05) is 0 Å². The highest BCUT2D eigenvalue weighted by Crippen LogP contribution is 2.28. The van der Waals surface area contributed by atoms with E-state index in [4.69, 9.17) is 0 Å². The van der Waals surface area contributed by atoms with Crippen LogP contribution in [0.5, 0.6) is 0 Å². The Morgan fingerprint density at radius 1 is 0.759 bits per heavy atom. The van der Waals surface area contributed by atoms with Gasteiger partial charge in [-0.15, -0.1) is 0 Å². The van der Waals surface area contributed by atoms with Crippen LogP contribution >= 0.6 is 0 Å². The molecule has 0 spiro atoms. The van der Waals surface area contributed by atoms with Crippen LogP contribution in [-0.2, 0) is 10.2 Å². The van der Waals surface area contributed by atoms with E-state index < -0.39 is 0 Å². The van der Waals surface area contributed by atoms with Gasteiger partial charge in [-0.25, -0.2) is 0 Å². The van der Waals surface area contributed by atoms with E-state index in [9.17, 15) is 4.79 Å². The van der Waals surface area contributed by atoms with Crippen molar-refractivity contribution in [2.45, 2.75) is 51.5 Å². The fraction of sp³-hybridized carbons (Fsp3) is 0.296. The molecule has 0 aliphatic heterocycles. The number of hydrogen-bond donors (Lipinski definition) is 1. The summed E-state index contributed by atoms with van der Waals surface area (Å²) in [5.41, 5.74) is 4.88.